The summed E-state index contributed by atoms with van der Waals surface area (Å²) in [5.41, 5.74) is 4.87. The SMILES string of the molecule is CCCC(=O)NC(=S)Nc1ccc(Cc2nc3cc(CC)ccc3o2)cc1. The molecule has 6 heteroatoms. The van der Waals surface area contributed by atoms with Gasteiger partial charge in [0.15, 0.2) is 16.6 Å². The summed E-state index contributed by atoms with van der Waals surface area (Å²) in [6.07, 6.45) is 2.85. The van der Waals surface area contributed by atoms with Crippen molar-refractivity contribution in [1.29, 1.82) is 0 Å². The molecule has 1 amide bonds. The second-order valence-corrected chi connectivity index (χ2v) is 6.80. The van der Waals surface area contributed by atoms with E-state index in [9.17, 15) is 4.79 Å². The third-order valence-electron chi connectivity index (χ3n) is 4.20. The molecule has 2 N–H and O–H groups in total. The molecular weight excluding hydrogens is 358 g/mol. The summed E-state index contributed by atoms with van der Waals surface area (Å²) in [5.74, 6) is 0.620. The number of amides is 1. The molecule has 0 fully saturated rings. The van der Waals surface area contributed by atoms with E-state index in [1.54, 1.807) is 0 Å². The third-order valence-corrected chi connectivity index (χ3v) is 4.41. The van der Waals surface area contributed by atoms with Crippen LogP contribution in [-0.4, -0.2) is 16.0 Å². The van der Waals surface area contributed by atoms with Crippen LogP contribution < -0.4 is 10.6 Å². The summed E-state index contributed by atoms with van der Waals surface area (Å²) in [6, 6.07) is 13.9. The van der Waals surface area contributed by atoms with Gasteiger partial charge >= 0.3 is 0 Å². The largest absolute Gasteiger partial charge is 0.440 e. The number of hydrogen-bond donors (Lipinski definition) is 2. The predicted molar refractivity (Wildman–Crippen MR) is 112 cm³/mol. The van der Waals surface area contributed by atoms with Crippen LogP contribution in [0.1, 0.15) is 43.7 Å². The van der Waals surface area contributed by atoms with Gasteiger partial charge in [-0.15, -0.1) is 0 Å². The van der Waals surface area contributed by atoms with E-state index in [0.29, 0.717) is 23.8 Å². The average molecular weight is 382 g/mol. The van der Waals surface area contributed by atoms with Gasteiger partial charge in [0.2, 0.25) is 5.91 Å². The van der Waals surface area contributed by atoms with Crippen LogP contribution >= 0.6 is 12.2 Å². The molecule has 1 heterocycles. The van der Waals surface area contributed by atoms with E-state index in [0.717, 1.165) is 35.2 Å². The highest BCUT2D eigenvalue weighted by atomic mass is 32.1. The Morgan fingerprint density at radius 1 is 1.11 bits per heavy atom. The average Bonchev–Trinajstić information content (AvgIpc) is 3.04. The quantitative estimate of drug-likeness (QED) is 0.611. The maximum Gasteiger partial charge on any atom is 0.226 e. The maximum atomic E-state index is 11.6. The fraction of sp³-hybridized carbons (Fsp3) is 0.286. The van der Waals surface area contributed by atoms with E-state index in [-0.39, 0.29) is 5.91 Å². The molecule has 3 aromatic rings. The first-order chi connectivity index (χ1) is 13.1. The number of aromatic nitrogens is 1. The van der Waals surface area contributed by atoms with Crippen molar-refractivity contribution in [2.75, 3.05) is 5.32 Å². The Morgan fingerprint density at radius 3 is 2.56 bits per heavy atom. The third kappa shape index (κ3) is 5.14. The van der Waals surface area contributed by atoms with Crippen molar-refractivity contribution in [3.05, 3.63) is 59.5 Å². The zero-order chi connectivity index (χ0) is 19.2. The molecule has 0 spiro atoms. The maximum absolute atomic E-state index is 11.6. The van der Waals surface area contributed by atoms with Crippen LogP contribution in [0.3, 0.4) is 0 Å². The number of rotatable bonds is 6. The first-order valence-corrected chi connectivity index (χ1v) is 9.56. The summed E-state index contributed by atoms with van der Waals surface area (Å²) >= 11 is 5.15. The number of benzene rings is 2. The molecule has 2 aromatic carbocycles. The van der Waals surface area contributed by atoms with Crippen molar-refractivity contribution in [3.8, 4) is 0 Å². The zero-order valence-electron chi connectivity index (χ0n) is 15.5. The Labute approximate surface area is 164 Å². The number of anilines is 1. The van der Waals surface area contributed by atoms with E-state index >= 15 is 0 Å². The first kappa shape index (κ1) is 19.0. The second-order valence-electron chi connectivity index (χ2n) is 6.39. The molecule has 0 aliphatic heterocycles. The molecule has 0 bridgehead atoms. The molecule has 0 radical (unpaired) electrons. The molecule has 3 rings (SSSR count). The van der Waals surface area contributed by atoms with Crippen molar-refractivity contribution < 1.29 is 9.21 Å². The van der Waals surface area contributed by atoms with E-state index in [4.69, 9.17) is 16.6 Å². The standard InChI is InChI=1S/C21H23N3O2S/c1-3-5-19(25)24-21(27)22-16-9-6-15(7-10-16)13-20-23-17-12-14(4-2)8-11-18(17)26-20/h6-12H,3-5,13H2,1-2H3,(H2,22,24,25,27). The van der Waals surface area contributed by atoms with Gasteiger partial charge in [-0.05, 0) is 60.5 Å². The number of oxazole rings is 1. The number of hydrogen-bond acceptors (Lipinski definition) is 4. The number of nitrogens with one attached hydrogen (secondary N) is 2. The Balaban J connectivity index is 1.62. The fourth-order valence-electron chi connectivity index (χ4n) is 2.78. The lowest BCUT2D eigenvalue weighted by molar-refractivity contribution is -0.119. The zero-order valence-corrected chi connectivity index (χ0v) is 16.4. The molecule has 1 aromatic heterocycles. The number of carbonyl (C=O) groups is 1. The van der Waals surface area contributed by atoms with Gasteiger partial charge in [0.25, 0.3) is 0 Å². The number of thiocarbonyl (C=S) groups is 1. The van der Waals surface area contributed by atoms with Crippen molar-refractivity contribution in [3.63, 3.8) is 0 Å². The fourth-order valence-corrected chi connectivity index (χ4v) is 3.01. The van der Waals surface area contributed by atoms with Crippen LogP contribution in [0.4, 0.5) is 5.69 Å². The summed E-state index contributed by atoms with van der Waals surface area (Å²) in [6.45, 7) is 4.08. The van der Waals surface area contributed by atoms with Gasteiger partial charge in [0, 0.05) is 18.5 Å². The first-order valence-electron chi connectivity index (χ1n) is 9.15. The molecule has 0 saturated carbocycles. The van der Waals surface area contributed by atoms with Gasteiger partial charge < -0.3 is 15.1 Å². The molecule has 0 unspecified atom stereocenters. The van der Waals surface area contributed by atoms with Crippen molar-refractivity contribution in [2.45, 2.75) is 39.5 Å². The van der Waals surface area contributed by atoms with Gasteiger partial charge in [-0.3, -0.25) is 4.79 Å². The smallest absolute Gasteiger partial charge is 0.226 e. The van der Waals surface area contributed by atoms with E-state index in [2.05, 4.69) is 34.7 Å². The Kier molecular flexibility index (Phi) is 6.19. The molecule has 5 nitrogen and oxygen atoms in total. The minimum atomic E-state index is -0.0752. The molecular formula is C21H23N3O2S. The van der Waals surface area contributed by atoms with Gasteiger partial charge in [-0.25, -0.2) is 4.98 Å². The van der Waals surface area contributed by atoms with Crippen LogP contribution in [0, 0.1) is 0 Å². The molecule has 0 aliphatic carbocycles. The summed E-state index contributed by atoms with van der Waals surface area (Å²) in [7, 11) is 0. The van der Waals surface area contributed by atoms with E-state index in [1.807, 2.05) is 37.3 Å². The van der Waals surface area contributed by atoms with Gasteiger partial charge in [-0.2, -0.15) is 0 Å². The van der Waals surface area contributed by atoms with Crippen LogP contribution in [0.15, 0.2) is 46.9 Å². The Hall–Kier alpha value is -2.73. The van der Waals surface area contributed by atoms with Gasteiger partial charge in [0.05, 0.1) is 0 Å². The number of carbonyl (C=O) groups excluding carboxylic acids is 1. The van der Waals surface area contributed by atoms with E-state index < -0.39 is 0 Å². The normalized spacial score (nSPS) is 10.7. The van der Waals surface area contributed by atoms with Crippen molar-refractivity contribution in [1.82, 2.24) is 10.3 Å². The van der Waals surface area contributed by atoms with Crippen molar-refractivity contribution >= 4 is 40.0 Å². The molecule has 27 heavy (non-hydrogen) atoms. The summed E-state index contributed by atoms with van der Waals surface area (Å²) in [4.78, 5) is 16.1. The molecule has 0 aliphatic rings. The van der Waals surface area contributed by atoms with Gasteiger partial charge in [-0.1, -0.05) is 32.0 Å². The lowest BCUT2D eigenvalue weighted by Crippen LogP contribution is -2.33. The van der Waals surface area contributed by atoms with Crippen molar-refractivity contribution in [2.24, 2.45) is 0 Å². The minimum absolute atomic E-state index is 0.0752. The Bertz CT molecular complexity index is 948. The second kappa shape index (κ2) is 8.77. The minimum Gasteiger partial charge on any atom is -0.440 e. The van der Waals surface area contributed by atoms with Crippen LogP contribution in [0.25, 0.3) is 11.1 Å². The monoisotopic (exact) mass is 381 g/mol. The molecule has 0 saturated heterocycles. The topological polar surface area (TPSA) is 67.2 Å². The van der Waals surface area contributed by atoms with Crippen LogP contribution in [0.5, 0.6) is 0 Å². The predicted octanol–water partition coefficient (Wildman–Crippen LogP) is 4.59. The van der Waals surface area contributed by atoms with E-state index in [1.165, 1.54) is 5.56 Å². The summed E-state index contributed by atoms with van der Waals surface area (Å²) < 4.78 is 5.84. The number of aryl methyl sites for hydroxylation is 1. The Morgan fingerprint density at radius 2 is 1.85 bits per heavy atom. The summed E-state index contributed by atoms with van der Waals surface area (Å²) in [5, 5.41) is 5.99. The number of nitrogens with zero attached hydrogens (tertiary/aromatic N) is 1. The molecule has 140 valence electrons. The van der Waals surface area contributed by atoms with Crippen LogP contribution in [-0.2, 0) is 17.6 Å². The lowest BCUT2D eigenvalue weighted by atomic mass is 10.1. The lowest BCUT2D eigenvalue weighted by Gasteiger charge is -2.09. The highest BCUT2D eigenvalue weighted by molar-refractivity contribution is 7.80. The highest BCUT2D eigenvalue weighted by Gasteiger charge is 2.08. The highest BCUT2D eigenvalue weighted by Crippen LogP contribution is 2.20. The molecule has 0 atom stereocenters. The van der Waals surface area contributed by atoms with Gasteiger partial charge in [0.1, 0.15) is 5.52 Å². The number of fused-ring (bicyclic) bond motifs is 1. The van der Waals surface area contributed by atoms with Crippen LogP contribution in [0.2, 0.25) is 0 Å².